The highest BCUT2D eigenvalue weighted by Gasteiger charge is 2.28. The molecule has 1 aliphatic heterocycles. The molecule has 14 heteroatoms. The second-order valence-corrected chi connectivity index (χ2v) is 11.8. The number of hydrogen-bond acceptors (Lipinski definition) is 9. The quantitative estimate of drug-likeness (QED) is 0.307. The number of fused-ring (bicyclic) bond motifs is 4. The van der Waals surface area contributed by atoms with Crippen molar-refractivity contribution in [1.82, 2.24) is 40.6 Å². The van der Waals surface area contributed by atoms with Gasteiger partial charge in [0.05, 0.1) is 18.3 Å². The second-order valence-electron chi connectivity index (χ2n) is 10.9. The van der Waals surface area contributed by atoms with Crippen molar-refractivity contribution < 1.29 is 23.6 Å². The molecule has 1 aliphatic rings. The van der Waals surface area contributed by atoms with Gasteiger partial charge in [-0.3, -0.25) is 23.9 Å². The Morgan fingerprint density at radius 3 is 2.59 bits per heavy atom. The smallest absolute Gasteiger partial charge is 0.273 e. The van der Waals surface area contributed by atoms with Gasteiger partial charge in [-0.15, -0.1) is 11.3 Å². The molecule has 3 aromatic heterocycles. The molecule has 4 bridgehead atoms. The van der Waals surface area contributed by atoms with Crippen molar-refractivity contribution in [2.75, 3.05) is 19.6 Å². The SMILES string of the molecule is Cc1ccn(CC(=O)N2CCNC(=O)c3coc(n3)[C@H](Cc3ccccc3)NC(=O)c3csc(n3)[C@H](C(C)C)NC(=O)C2)n1. The van der Waals surface area contributed by atoms with Gasteiger partial charge in [0.1, 0.15) is 29.6 Å². The Morgan fingerprint density at radius 2 is 1.86 bits per heavy atom. The highest BCUT2D eigenvalue weighted by atomic mass is 32.1. The van der Waals surface area contributed by atoms with Gasteiger partial charge in [0, 0.05) is 31.1 Å². The number of carbonyl (C=O) groups excluding carboxylic acids is 4. The van der Waals surface area contributed by atoms with E-state index in [1.165, 1.54) is 27.2 Å². The molecule has 2 atom stereocenters. The molecule has 0 spiro atoms. The fraction of sp³-hybridized carbons (Fsp3) is 0.367. The van der Waals surface area contributed by atoms with E-state index in [1.807, 2.05) is 51.1 Å². The molecule has 44 heavy (non-hydrogen) atoms. The number of aryl methyl sites for hydroxylation is 1. The van der Waals surface area contributed by atoms with Crippen LogP contribution in [-0.4, -0.2) is 67.9 Å². The Hall–Kier alpha value is -4.85. The summed E-state index contributed by atoms with van der Waals surface area (Å²) in [6, 6.07) is 10.1. The normalized spacial score (nSPS) is 18.3. The van der Waals surface area contributed by atoms with Crippen molar-refractivity contribution in [1.29, 1.82) is 0 Å². The third-order valence-corrected chi connectivity index (χ3v) is 8.00. The zero-order valence-electron chi connectivity index (χ0n) is 24.6. The number of benzene rings is 1. The van der Waals surface area contributed by atoms with E-state index in [-0.39, 0.29) is 55.3 Å². The van der Waals surface area contributed by atoms with Crippen LogP contribution in [-0.2, 0) is 22.6 Å². The van der Waals surface area contributed by atoms with Gasteiger partial charge >= 0.3 is 0 Å². The lowest BCUT2D eigenvalue weighted by Gasteiger charge is -2.25. The summed E-state index contributed by atoms with van der Waals surface area (Å²) in [7, 11) is 0. The van der Waals surface area contributed by atoms with Gasteiger partial charge < -0.3 is 25.3 Å². The molecule has 3 N–H and O–H groups in total. The molecule has 0 unspecified atom stereocenters. The first kappa shape index (κ1) is 30.6. The van der Waals surface area contributed by atoms with Gasteiger partial charge in [-0.25, -0.2) is 9.97 Å². The number of rotatable bonds is 5. The van der Waals surface area contributed by atoms with Crippen LogP contribution in [0, 0.1) is 12.8 Å². The Labute approximate surface area is 258 Å². The second kappa shape index (κ2) is 13.6. The minimum Gasteiger partial charge on any atom is -0.446 e. The van der Waals surface area contributed by atoms with Gasteiger partial charge in [-0.05, 0) is 24.5 Å². The van der Waals surface area contributed by atoms with Crippen LogP contribution in [0.2, 0.25) is 0 Å². The predicted octanol–water partition coefficient (Wildman–Crippen LogP) is 2.44. The van der Waals surface area contributed by atoms with Crippen molar-refractivity contribution in [2.24, 2.45) is 5.92 Å². The van der Waals surface area contributed by atoms with Crippen LogP contribution in [0.15, 0.2) is 58.7 Å². The molecule has 5 rings (SSSR count). The molecule has 230 valence electrons. The molecular weight excluding hydrogens is 584 g/mol. The minimum absolute atomic E-state index is 0.0202. The number of nitrogens with zero attached hydrogens (tertiary/aromatic N) is 5. The van der Waals surface area contributed by atoms with E-state index >= 15 is 0 Å². The minimum atomic E-state index is -0.685. The van der Waals surface area contributed by atoms with E-state index < -0.39 is 29.8 Å². The summed E-state index contributed by atoms with van der Waals surface area (Å²) in [5.41, 5.74) is 1.89. The highest BCUT2D eigenvalue weighted by Crippen LogP contribution is 2.26. The maximum absolute atomic E-state index is 13.4. The monoisotopic (exact) mass is 618 g/mol. The van der Waals surface area contributed by atoms with E-state index in [9.17, 15) is 19.2 Å². The first-order chi connectivity index (χ1) is 21.2. The first-order valence-corrected chi connectivity index (χ1v) is 15.1. The molecule has 4 heterocycles. The number of thiazole rings is 1. The van der Waals surface area contributed by atoms with Crippen molar-refractivity contribution in [2.45, 2.75) is 45.8 Å². The zero-order chi connectivity index (χ0) is 31.2. The lowest BCUT2D eigenvalue weighted by molar-refractivity contribution is -0.137. The molecule has 0 saturated heterocycles. The van der Waals surface area contributed by atoms with Crippen LogP contribution in [0.1, 0.15) is 69.1 Å². The lowest BCUT2D eigenvalue weighted by atomic mass is 10.0. The molecule has 0 aliphatic carbocycles. The standard InChI is InChI=1S/C30H34N8O5S/c1-18(2)26-30-34-23(17-44-30)28(42)32-21(13-20-7-5-4-6-8-20)29-33-22(16-43-29)27(41)31-10-12-37(14-24(39)35-26)25(40)15-38-11-9-19(3)36-38/h4-9,11,16-18,21,26H,10,12-15H2,1-3H3,(H,31,41)(H,32,42)(H,35,39)/t21-,26-/m0/s1. The molecule has 0 saturated carbocycles. The predicted molar refractivity (Wildman–Crippen MR) is 161 cm³/mol. The zero-order valence-corrected chi connectivity index (χ0v) is 25.5. The maximum atomic E-state index is 13.4. The number of oxazole rings is 1. The van der Waals surface area contributed by atoms with Crippen LogP contribution < -0.4 is 16.0 Å². The van der Waals surface area contributed by atoms with Crippen LogP contribution in [0.5, 0.6) is 0 Å². The number of nitrogens with one attached hydrogen (secondary N) is 3. The number of carbonyl (C=O) groups is 4. The Morgan fingerprint density at radius 1 is 1.07 bits per heavy atom. The van der Waals surface area contributed by atoms with Crippen molar-refractivity contribution in [3.05, 3.63) is 87.8 Å². The number of hydrogen-bond donors (Lipinski definition) is 3. The Balaban J connectivity index is 1.44. The van der Waals surface area contributed by atoms with Crippen LogP contribution in [0.4, 0.5) is 0 Å². The summed E-state index contributed by atoms with van der Waals surface area (Å²) in [6.07, 6.45) is 3.28. The van der Waals surface area contributed by atoms with Gasteiger partial charge in [-0.1, -0.05) is 44.2 Å². The van der Waals surface area contributed by atoms with Crippen LogP contribution in [0.3, 0.4) is 0 Å². The molecule has 4 aromatic rings. The van der Waals surface area contributed by atoms with Crippen molar-refractivity contribution >= 4 is 35.0 Å². The summed E-state index contributed by atoms with van der Waals surface area (Å²) in [5.74, 6) is -1.59. The Bertz CT molecular complexity index is 1630. The summed E-state index contributed by atoms with van der Waals surface area (Å²) in [6.45, 7) is 5.52. The molecule has 4 amide bonds. The molecule has 13 nitrogen and oxygen atoms in total. The molecular formula is C30H34N8O5S. The van der Waals surface area contributed by atoms with E-state index in [0.29, 0.717) is 11.4 Å². The van der Waals surface area contributed by atoms with E-state index in [2.05, 4.69) is 31.0 Å². The van der Waals surface area contributed by atoms with E-state index in [4.69, 9.17) is 4.42 Å². The highest BCUT2D eigenvalue weighted by molar-refractivity contribution is 7.09. The fourth-order valence-electron chi connectivity index (χ4n) is 4.75. The van der Waals surface area contributed by atoms with Crippen LogP contribution in [0.25, 0.3) is 0 Å². The van der Waals surface area contributed by atoms with E-state index in [1.54, 1.807) is 17.6 Å². The van der Waals surface area contributed by atoms with Crippen molar-refractivity contribution in [3.63, 3.8) is 0 Å². The van der Waals surface area contributed by atoms with Gasteiger partial charge in [-0.2, -0.15) is 5.10 Å². The average molecular weight is 619 g/mol. The lowest BCUT2D eigenvalue weighted by Crippen LogP contribution is -2.46. The first-order valence-electron chi connectivity index (χ1n) is 14.3. The van der Waals surface area contributed by atoms with E-state index in [0.717, 1.165) is 11.3 Å². The molecule has 1 aromatic carbocycles. The third-order valence-electron chi connectivity index (χ3n) is 7.07. The maximum Gasteiger partial charge on any atom is 0.273 e. The van der Waals surface area contributed by atoms with Gasteiger partial charge in [0.15, 0.2) is 5.69 Å². The largest absolute Gasteiger partial charge is 0.446 e. The average Bonchev–Trinajstić information content (AvgIpc) is 3.76. The van der Waals surface area contributed by atoms with Gasteiger partial charge in [0.25, 0.3) is 11.8 Å². The molecule has 0 radical (unpaired) electrons. The van der Waals surface area contributed by atoms with Crippen molar-refractivity contribution in [3.8, 4) is 0 Å². The third kappa shape index (κ3) is 7.56. The summed E-state index contributed by atoms with van der Waals surface area (Å²) in [4.78, 5) is 63.2. The summed E-state index contributed by atoms with van der Waals surface area (Å²) >= 11 is 1.26. The summed E-state index contributed by atoms with van der Waals surface area (Å²) < 4.78 is 7.18. The molecule has 0 fully saturated rings. The summed E-state index contributed by atoms with van der Waals surface area (Å²) in [5, 5.41) is 15.1. The van der Waals surface area contributed by atoms with Crippen LogP contribution >= 0.6 is 11.3 Å². The topological polar surface area (TPSA) is 164 Å². The number of aromatic nitrogens is 4. The Kier molecular flexibility index (Phi) is 9.48. The van der Waals surface area contributed by atoms with Gasteiger partial charge in [0.2, 0.25) is 17.7 Å². The number of amides is 4. The fourth-order valence-corrected chi connectivity index (χ4v) is 5.77.